The molecular weight excluding hydrogens is 340 g/mol. The van der Waals surface area contributed by atoms with E-state index < -0.39 is 0 Å². The quantitative estimate of drug-likeness (QED) is 0.766. The molecule has 3 aromatic rings. The molecular formula is C20H22N6O. The van der Waals surface area contributed by atoms with Crippen LogP contribution in [0.1, 0.15) is 42.4 Å². The lowest BCUT2D eigenvalue weighted by atomic mass is 10.1. The molecule has 1 N–H and O–H groups in total. The highest BCUT2D eigenvalue weighted by Gasteiger charge is 2.21. The summed E-state index contributed by atoms with van der Waals surface area (Å²) in [7, 11) is 0. The molecule has 0 aliphatic carbocycles. The van der Waals surface area contributed by atoms with Crippen molar-refractivity contribution in [1.82, 2.24) is 29.8 Å². The summed E-state index contributed by atoms with van der Waals surface area (Å²) < 4.78 is 0. The standard InChI is InChI=1S/C20H22N6O/c1-13(2)18-22-9-14(10-23-18)11-26-8-5-17-16(12-26)20(27)25-19(24-17)15-3-6-21-7-4-15/h3-4,6-7,9-10,13H,5,8,11-12H2,1-2H3,(H,24,25,27). The Morgan fingerprint density at radius 2 is 1.93 bits per heavy atom. The molecule has 27 heavy (non-hydrogen) atoms. The van der Waals surface area contributed by atoms with Gasteiger partial charge in [-0.3, -0.25) is 14.7 Å². The lowest BCUT2D eigenvalue weighted by Gasteiger charge is -2.27. The molecule has 0 fully saturated rings. The molecule has 0 atom stereocenters. The lowest BCUT2D eigenvalue weighted by molar-refractivity contribution is 0.241. The van der Waals surface area contributed by atoms with E-state index in [2.05, 4.69) is 43.7 Å². The van der Waals surface area contributed by atoms with Crippen molar-refractivity contribution in [1.29, 1.82) is 0 Å². The number of H-pyrrole nitrogens is 1. The SMILES string of the molecule is CC(C)c1ncc(CN2CCc3nc(-c4ccncc4)[nH]c(=O)c3C2)cn1. The summed E-state index contributed by atoms with van der Waals surface area (Å²) >= 11 is 0. The zero-order chi connectivity index (χ0) is 18.8. The van der Waals surface area contributed by atoms with Gasteiger partial charge in [-0.25, -0.2) is 15.0 Å². The Hall–Kier alpha value is -2.93. The maximum atomic E-state index is 12.6. The molecule has 0 amide bonds. The van der Waals surface area contributed by atoms with Crippen molar-refractivity contribution in [2.75, 3.05) is 6.54 Å². The van der Waals surface area contributed by atoms with Gasteiger partial charge >= 0.3 is 0 Å². The number of hydrogen-bond donors (Lipinski definition) is 1. The number of aromatic amines is 1. The van der Waals surface area contributed by atoms with E-state index in [0.29, 0.717) is 18.3 Å². The molecule has 0 bridgehead atoms. The normalized spacial score (nSPS) is 14.3. The van der Waals surface area contributed by atoms with E-state index in [1.807, 2.05) is 24.5 Å². The first-order valence-corrected chi connectivity index (χ1v) is 9.16. The maximum Gasteiger partial charge on any atom is 0.255 e. The fraction of sp³-hybridized carbons (Fsp3) is 0.350. The molecule has 7 heteroatoms. The van der Waals surface area contributed by atoms with E-state index in [1.165, 1.54) is 0 Å². The Bertz CT molecular complexity index is 982. The van der Waals surface area contributed by atoms with Crippen molar-refractivity contribution in [3.63, 3.8) is 0 Å². The van der Waals surface area contributed by atoms with Crippen LogP contribution in [-0.2, 0) is 19.5 Å². The van der Waals surface area contributed by atoms with Gasteiger partial charge in [-0.1, -0.05) is 13.8 Å². The van der Waals surface area contributed by atoms with Crippen molar-refractivity contribution < 1.29 is 0 Å². The Balaban J connectivity index is 1.52. The summed E-state index contributed by atoms with van der Waals surface area (Å²) in [6.45, 7) is 6.32. The first kappa shape index (κ1) is 17.5. The fourth-order valence-electron chi connectivity index (χ4n) is 3.27. The van der Waals surface area contributed by atoms with Gasteiger partial charge in [0.2, 0.25) is 0 Å². The zero-order valence-electron chi connectivity index (χ0n) is 15.5. The summed E-state index contributed by atoms with van der Waals surface area (Å²) in [5, 5.41) is 0. The van der Waals surface area contributed by atoms with Crippen LogP contribution in [0.3, 0.4) is 0 Å². The summed E-state index contributed by atoms with van der Waals surface area (Å²) in [6, 6.07) is 3.70. The molecule has 4 heterocycles. The van der Waals surface area contributed by atoms with Crippen LogP contribution in [-0.4, -0.2) is 36.4 Å². The molecule has 138 valence electrons. The number of rotatable bonds is 4. The highest BCUT2D eigenvalue weighted by Crippen LogP contribution is 2.19. The Kier molecular flexibility index (Phi) is 4.77. The van der Waals surface area contributed by atoms with Crippen molar-refractivity contribution in [3.05, 3.63) is 69.9 Å². The predicted octanol–water partition coefficient (Wildman–Crippen LogP) is 2.30. The molecule has 0 saturated carbocycles. The summed E-state index contributed by atoms with van der Waals surface area (Å²) in [4.78, 5) is 35.3. The van der Waals surface area contributed by atoms with Crippen LogP contribution in [0.2, 0.25) is 0 Å². The molecule has 1 aliphatic rings. The minimum Gasteiger partial charge on any atom is -0.306 e. The molecule has 7 nitrogen and oxygen atoms in total. The van der Waals surface area contributed by atoms with E-state index in [9.17, 15) is 4.79 Å². The van der Waals surface area contributed by atoms with Gasteiger partial charge in [0.25, 0.3) is 5.56 Å². The monoisotopic (exact) mass is 362 g/mol. The van der Waals surface area contributed by atoms with Crippen LogP contribution in [0, 0.1) is 0 Å². The van der Waals surface area contributed by atoms with Crippen molar-refractivity contribution in [2.24, 2.45) is 0 Å². The van der Waals surface area contributed by atoms with Crippen molar-refractivity contribution >= 4 is 0 Å². The van der Waals surface area contributed by atoms with Crippen LogP contribution in [0.15, 0.2) is 41.7 Å². The third-order valence-corrected chi connectivity index (χ3v) is 4.75. The van der Waals surface area contributed by atoms with Crippen molar-refractivity contribution in [2.45, 2.75) is 39.3 Å². The average Bonchev–Trinajstić information content (AvgIpc) is 2.69. The Morgan fingerprint density at radius 3 is 2.63 bits per heavy atom. The first-order chi connectivity index (χ1) is 13.1. The second-order valence-electron chi connectivity index (χ2n) is 7.14. The Morgan fingerprint density at radius 1 is 1.19 bits per heavy atom. The molecule has 4 rings (SSSR count). The van der Waals surface area contributed by atoms with E-state index in [0.717, 1.165) is 47.7 Å². The molecule has 0 radical (unpaired) electrons. The molecule has 0 saturated heterocycles. The third-order valence-electron chi connectivity index (χ3n) is 4.75. The lowest BCUT2D eigenvalue weighted by Crippen LogP contribution is -2.35. The molecule has 0 unspecified atom stereocenters. The molecule has 0 spiro atoms. The summed E-state index contributed by atoms with van der Waals surface area (Å²) in [5.74, 6) is 1.78. The largest absolute Gasteiger partial charge is 0.306 e. The van der Waals surface area contributed by atoms with Crippen LogP contribution in [0.25, 0.3) is 11.4 Å². The highest BCUT2D eigenvalue weighted by molar-refractivity contribution is 5.54. The molecule has 1 aliphatic heterocycles. The number of nitrogens with one attached hydrogen (secondary N) is 1. The minimum atomic E-state index is -0.0667. The van der Waals surface area contributed by atoms with E-state index in [4.69, 9.17) is 0 Å². The van der Waals surface area contributed by atoms with E-state index in [-0.39, 0.29) is 5.56 Å². The maximum absolute atomic E-state index is 12.6. The van der Waals surface area contributed by atoms with Gasteiger partial charge in [0, 0.05) is 67.9 Å². The van der Waals surface area contributed by atoms with E-state index in [1.54, 1.807) is 12.4 Å². The number of nitrogens with zero attached hydrogens (tertiary/aromatic N) is 5. The van der Waals surface area contributed by atoms with Crippen LogP contribution < -0.4 is 5.56 Å². The second-order valence-corrected chi connectivity index (χ2v) is 7.14. The molecule has 3 aromatic heterocycles. The van der Waals surface area contributed by atoms with Crippen LogP contribution in [0.5, 0.6) is 0 Å². The van der Waals surface area contributed by atoms with Gasteiger partial charge in [0.1, 0.15) is 11.6 Å². The van der Waals surface area contributed by atoms with Gasteiger partial charge in [-0.2, -0.15) is 0 Å². The Labute approximate surface area is 157 Å². The van der Waals surface area contributed by atoms with Gasteiger partial charge in [-0.05, 0) is 12.1 Å². The third kappa shape index (κ3) is 3.78. The number of pyridine rings is 1. The van der Waals surface area contributed by atoms with Gasteiger partial charge < -0.3 is 4.98 Å². The second kappa shape index (κ2) is 7.36. The predicted molar refractivity (Wildman–Crippen MR) is 102 cm³/mol. The highest BCUT2D eigenvalue weighted by atomic mass is 16.1. The van der Waals surface area contributed by atoms with Crippen molar-refractivity contribution in [3.8, 4) is 11.4 Å². The van der Waals surface area contributed by atoms with Crippen LogP contribution >= 0.6 is 0 Å². The van der Waals surface area contributed by atoms with E-state index >= 15 is 0 Å². The van der Waals surface area contributed by atoms with Crippen LogP contribution in [0.4, 0.5) is 0 Å². The molecule has 0 aromatic carbocycles. The number of hydrogen-bond acceptors (Lipinski definition) is 6. The zero-order valence-corrected chi connectivity index (χ0v) is 15.5. The number of aromatic nitrogens is 5. The summed E-state index contributed by atoms with van der Waals surface area (Å²) in [6.07, 6.45) is 7.91. The van der Waals surface area contributed by atoms with Gasteiger partial charge in [-0.15, -0.1) is 0 Å². The number of fused-ring (bicyclic) bond motifs is 1. The topological polar surface area (TPSA) is 87.7 Å². The first-order valence-electron chi connectivity index (χ1n) is 9.16. The minimum absolute atomic E-state index is 0.0667. The van der Waals surface area contributed by atoms with Gasteiger partial charge in [0.05, 0.1) is 11.3 Å². The smallest absolute Gasteiger partial charge is 0.255 e. The van der Waals surface area contributed by atoms with Gasteiger partial charge in [0.15, 0.2) is 0 Å². The fourth-order valence-corrected chi connectivity index (χ4v) is 3.27. The average molecular weight is 362 g/mol. The summed E-state index contributed by atoms with van der Waals surface area (Å²) in [5.41, 5.74) is 3.49.